The molecule has 0 aromatic heterocycles. The maximum Gasteiger partial charge on any atom is 0.289 e. The van der Waals surface area contributed by atoms with E-state index < -0.39 is 0 Å². The number of amides is 3. The summed E-state index contributed by atoms with van der Waals surface area (Å²) >= 11 is 1.04. The summed E-state index contributed by atoms with van der Waals surface area (Å²) in [5.41, 5.74) is 2.21. The normalized spacial score (nSPS) is 17.5. The van der Waals surface area contributed by atoms with E-state index in [-0.39, 0.29) is 34.8 Å². The number of thioether (sulfide) groups is 1. The van der Waals surface area contributed by atoms with E-state index >= 15 is 0 Å². The van der Waals surface area contributed by atoms with Gasteiger partial charge in [0.2, 0.25) is 11.8 Å². The fraction of sp³-hybridized carbons (Fsp3) is 0.286. The molecule has 0 atom stereocenters. The molecule has 2 heterocycles. The van der Waals surface area contributed by atoms with E-state index in [1.807, 2.05) is 60.7 Å². The average molecular weight is 380 g/mol. The Bertz CT molecular complexity index is 795. The Kier molecular flexibility index (Phi) is 4.99. The number of carbonyl (C=O) groups is 3. The third kappa shape index (κ3) is 3.62. The van der Waals surface area contributed by atoms with Crippen LogP contribution in [-0.4, -0.2) is 51.7 Å². The van der Waals surface area contributed by atoms with Crippen molar-refractivity contribution in [3.63, 3.8) is 0 Å². The molecule has 0 saturated carbocycles. The topological polar surface area (TPSA) is 57.7 Å². The highest BCUT2D eigenvalue weighted by Crippen LogP contribution is 2.31. The summed E-state index contributed by atoms with van der Waals surface area (Å²) in [5, 5.41) is -0.191. The molecule has 2 aromatic carbocycles. The fourth-order valence-corrected chi connectivity index (χ4v) is 4.42. The van der Waals surface area contributed by atoms with E-state index in [1.54, 1.807) is 4.90 Å². The van der Waals surface area contributed by atoms with Gasteiger partial charge >= 0.3 is 0 Å². The first-order valence-electron chi connectivity index (χ1n) is 9.00. The standard InChI is InChI=1S/C21H20N2O3S/c24-19(22-12-17(13-22)23-20(25)14-27-21(23)26)11-18(15-7-3-1-4-8-15)16-9-5-2-6-10-16/h1-10,17-18H,11-14H2. The van der Waals surface area contributed by atoms with Crippen LogP contribution in [0, 0.1) is 0 Å². The summed E-state index contributed by atoms with van der Waals surface area (Å²) in [5.74, 6) is 0.113. The predicted molar refractivity (Wildman–Crippen MR) is 104 cm³/mol. The van der Waals surface area contributed by atoms with Gasteiger partial charge in [-0.1, -0.05) is 72.4 Å². The van der Waals surface area contributed by atoms with Gasteiger partial charge in [0.15, 0.2) is 0 Å². The van der Waals surface area contributed by atoms with Crippen LogP contribution >= 0.6 is 11.8 Å². The molecule has 2 aliphatic heterocycles. The lowest BCUT2D eigenvalue weighted by molar-refractivity contribution is -0.142. The van der Waals surface area contributed by atoms with Gasteiger partial charge in [0.05, 0.1) is 11.8 Å². The largest absolute Gasteiger partial charge is 0.338 e. The molecule has 2 fully saturated rings. The van der Waals surface area contributed by atoms with Gasteiger partial charge in [-0.2, -0.15) is 0 Å². The molecule has 2 aromatic rings. The zero-order valence-corrected chi connectivity index (χ0v) is 15.6. The van der Waals surface area contributed by atoms with Gasteiger partial charge in [0.1, 0.15) is 0 Å². The van der Waals surface area contributed by atoms with Crippen LogP contribution in [0.25, 0.3) is 0 Å². The Balaban J connectivity index is 1.44. The quantitative estimate of drug-likeness (QED) is 0.800. The van der Waals surface area contributed by atoms with Crippen LogP contribution in [-0.2, 0) is 9.59 Å². The monoisotopic (exact) mass is 380 g/mol. The molecule has 0 aliphatic carbocycles. The third-order valence-corrected chi connectivity index (χ3v) is 5.98. The van der Waals surface area contributed by atoms with Crippen LogP contribution in [0.15, 0.2) is 60.7 Å². The van der Waals surface area contributed by atoms with Crippen molar-refractivity contribution in [3.8, 4) is 0 Å². The van der Waals surface area contributed by atoms with E-state index in [1.165, 1.54) is 4.90 Å². The first-order chi connectivity index (χ1) is 13.1. The summed E-state index contributed by atoms with van der Waals surface area (Å²) in [6.45, 7) is 0.875. The van der Waals surface area contributed by atoms with Crippen molar-refractivity contribution in [2.24, 2.45) is 0 Å². The molecule has 0 unspecified atom stereocenters. The number of likely N-dealkylation sites (tertiary alicyclic amines) is 1. The molecular formula is C21H20N2O3S. The maximum absolute atomic E-state index is 12.8. The van der Waals surface area contributed by atoms with Gasteiger partial charge in [0, 0.05) is 25.4 Å². The number of hydrogen-bond acceptors (Lipinski definition) is 4. The van der Waals surface area contributed by atoms with Crippen molar-refractivity contribution in [2.45, 2.75) is 18.4 Å². The molecule has 0 radical (unpaired) electrons. The Morgan fingerprint density at radius 1 is 0.963 bits per heavy atom. The van der Waals surface area contributed by atoms with Crippen molar-refractivity contribution in [1.29, 1.82) is 0 Å². The molecule has 6 heteroatoms. The lowest BCUT2D eigenvalue weighted by atomic mass is 9.87. The second-order valence-electron chi connectivity index (χ2n) is 6.85. The summed E-state index contributed by atoms with van der Waals surface area (Å²) in [4.78, 5) is 39.5. The third-order valence-electron chi connectivity index (χ3n) is 5.15. The SMILES string of the molecule is O=C(CC(c1ccccc1)c1ccccc1)N1CC(N2C(=O)CSC2=O)C1. The zero-order chi connectivity index (χ0) is 18.8. The minimum atomic E-state index is -0.191. The minimum absolute atomic E-state index is 0.00967. The first kappa shape index (κ1) is 17.8. The van der Waals surface area contributed by atoms with Gasteiger partial charge in [-0.3, -0.25) is 19.3 Å². The van der Waals surface area contributed by atoms with E-state index in [0.29, 0.717) is 19.5 Å². The number of carbonyl (C=O) groups excluding carboxylic acids is 3. The number of hydrogen-bond donors (Lipinski definition) is 0. The van der Waals surface area contributed by atoms with Crippen molar-refractivity contribution in [1.82, 2.24) is 9.80 Å². The minimum Gasteiger partial charge on any atom is -0.338 e. The van der Waals surface area contributed by atoms with Crippen LogP contribution < -0.4 is 0 Å². The molecule has 2 aliphatic rings. The average Bonchev–Trinajstić information content (AvgIpc) is 2.99. The van der Waals surface area contributed by atoms with Crippen molar-refractivity contribution in [2.75, 3.05) is 18.8 Å². The van der Waals surface area contributed by atoms with Gasteiger partial charge in [0.25, 0.3) is 5.24 Å². The van der Waals surface area contributed by atoms with Crippen LogP contribution in [0.5, 0.6) is 0 Å². The van der Waals surface area contributed by atoms with E-state index in [2.05, 4.69) is 0 Å². The van der Waals surface area contributed by atoms with Crippen LogP contribution in [0.1, 0.15) is 23.5 Å². The smallest absolute Gasteiger partial charge is 0.289 e. The second kappa shape index (κ2) is 7.56. The predicted octanol–water partition coefficient (Wildman–Crippen LogP) is 3.11. The lowest BCUT2D eigenvalue weighted by Gasteiger charge is -2.43. The van der Waals surface area contributed by atoms with E-state index in [0.717, 1.165) is 22.9 Å². The van der Waals surface area contributed by atoms with Gasteiger partial charge < -0.3 is 4.90 Å². The van der Waals surface area contributed by atoms with Crippen LogP contribution in [0.3, 0.4) is 0 Å². The van der Waals surface area contributed by atoms with Crippen molar-refractivity contribution >= 4 is 28.8 Å². The Hall–Kier alpha value is -2.60. The Morgan fingerprint density at radius 2 is 1.52 bits per heavy atom. The molecule has 0 spiro atoms. The number of imide groups is 1. The number of benzene rings is 2. The molecule has 0 bridgehead atoms. The lowest BCUT2D eigenvalue weighted by Crippen LogP contribution is -2.62. The molecule has 0 N–H and O–H groups in total. The highest BCUT2D eigenvalue weighted by atomic mass is 32.2. The Morgan fingerprint density at radius 3 is 2.00 bits per heavy atom. The molecule has 27 heavy (non-hydrogen) atoms. The van der Waals surface area contributed by atoms with Crippen molar-refractivity contribution in [3.05, 3.63) is 71.8 Å². The highest BCUT2D eigenvalue weighted by molar-refractivity contribution is 8.14. The zero-order valence-electron chi connectivity index (χ0n) is 14.8. The van der Waals surface area contributed by atoms with Crippen LogP contribution in [0.2, 0.25) is 0 Å². The highest BCUT2D eigenvalue weighted by Gasteiger charge is 2.43. The molecule has 5 nitrogen and oxygen atoms in total. The molecular weight excluding hydrogens is 360 g/mol. The molecule has 4 rings (SSSR count). The Labute approximate surface area is 162 Å². The maximum atomic E-state index is 12.8. The molecule has 2 saturated heterocycles. The summed E-state index contributed by atoms with van der Waals surface area (Å²) in [7, 11) is 0. The second-order valence-corrected chi connectivity index (χ2v) is 7.78. The summed E-state index contributed by atoms with van der Waals surface area (Å²) < 4.78 is 0. The van der Waals surface area contributed by atoms with E-state index in [4.69, 9.17) is 0 Å². The van der Waals surface area contributed by atoms with E-state index in [9.17, 15) is 14.4 Å². The van der Waals surface area contributed by atoms with Crippen molar-refractivity contribution < 1.29 is 14.4 Å². The van der Waals surface area contributed by atoms with Crippen LogP contribution in [0.4, 0.5) is 4.79 Å². The summed E-state index contributed by atoms with van der Waals surface area (Å²) in [6.07, 6.45) is 0.372. The number of nitrogens with zero attached hydrogens (tertiary/aromatic N) is 2. The fourth-order valence-electron chi connectivity index (χ4n) is 3.64. The molecule has 3 amide bonds. The number of rotatable bonds is 5. The van der Waals surface area contributed by atoms with Gasteiger partial charge in [-0.25, -0.2) is 0 Å². The summed E-state index contributed by atoms with van der Waals surface area (Å²) in [6, 6.07) is 19.9. The molecule has 138 valence electrons. The van der Waals surface area contributed by atoms with Gasteiger partial charge in [-0.15, -0.1) is 0 Å². The van der Waals surface area contributed by atoms with Gasteiger partial charge in [-0.05, 0) is 11.1 Å². The first-order valence-corrected chi connectivity index (χ1v) is 9.98.